The van der Waals surface area contributed by atoms with Gasteiger partial charge in [-0.3, -0.25) is 14.8 Å². The number of carbonyl (C=O) groups excluding carboxylic acids is 1. The molecule has 0 bridgehead atoms. The molecule has 3 aromatic heterocycles. The predicted molar refractivity (Wildman–Crippen MR) is 99.9 cm³/mol. The maximum absolute atomic E-state index is 12.8. The molecule has 1 fully saturated rings. The molecule has 7 heteroatoms. The van der Waals surface area contributed by atoms with Gasteiger partial charge in [0.25, 0.3) is 5.91 Å². The number of rotatable bonds is 3. The maximum Gasteiger partial charge on any atom is 0.274 e. The molecule has 136 valence electrons. The second-order valence-corrected chi connectivity index (χ2v) is 6.69. The van der Waals surface area contributed by atoms with E-state index in [0.29, 0.717) is 12.2 Å². The van der Waals surface area contributed by atoms with Gasteiger partial charge in [0.2, 0.25) is 0 Å². The molecule has 1 atom stereocenters. The summed E-state index contributed by atoms with van der Waals surface area (Å²) in [5.74, 6) is 0.0824. The van der Waals surface area contributed by atoms with Gasteiger partial charge in [0, 0.05) is 49.4 Å². The minimum atomic E-state index is -0.0771. The first-order valence-corrected chi connectivity index (χ1v) is 9.00. The summed E-state index contributed by atoms with van der Waals surface area (Å²) in [4.78, 5) is 35.9. The number of likely N-dealkylation sites (tertiary alicyclic amines) is 1. The third-order valence-corrected chi connectivity index (χ3v) is 4.83. The van der Waals surface area contributed by atoms with E-state index < -0.39 is 0 Å². The summed E-state index contributed by atoms with van der Waals surface area (Å²) in [7, 11) is 0. The van der Waals surface area contributed by atoms with E-state index in [1.165, 1.54) is 0 Å². The number of aromatic nitrogens is 5. The smallest absolute Gasteiger partial charge is 0.274 e. The Morgan fingerprint density at radius 1 is 1.07 bits per heavy atom. The van der Waals surface area contributed by atoms with Crippen molar-refractivity contribution in [3.8, 4) is 11.1 Å². The number of nitrogens with zero attached hydrogens (tertiary/aromatic N) is 6. The molecule has 27 heavy (non-hydrogen) atoms. The van der Waals surface area contributed by atoms with Crippen molar-refractivity contribution in [2.75, 3.05) is 13.1 Å². The number of piperidine rings is 1. The minimum absolute atomic E-state index is 0.0771. The summed E-state index contributed by atoms with van der Waals surface area (Å²) >= 11 is 0. The normalized spacial score (nSPS) is 16.9. The number of hydrogen-bond donors (Lipinski definition) is 0. The molecule has 3 aromatic rings. The Kier molecular flexibility index (Phi) is 4.82. The van der Waals surface area contributed by atoms with Crippen LogP contribution in [0.15, 0.2) is 49.4 Å². The third-order valence-electron chi connectivity index (χ3n) is 4.83. The lowest BCUT2D eigenvalue weighted by atomic mass is 9.90. The minimum Gasteiger partial charge on any atom is -0.337 e. The third kappa shape index (κ3) is 3.67. The summed E-state index contributed by atoms with van der Waals surface area (Å²) < 4.78 is 0. The zero-order chi connectivity index (χ0) is 18.6. The fourth-order valence-corrected chi connectivity index (χ4v) is 3.47. The van der Waals surface area contributed by atoms with Gasteiger partial charge < -0.3 is 4.90 Å². The average Bonchev–Trinajstić information content (AvgIpc) is 2.74. The summed E-state index contributed by atoms with van der Waals surface area (Å²) in [6, 6.07) is 3.91. The summed E-state index contributed by atoms with van der Waals surface area (Å²) in [6.45, 7) is 3.19. The SMILES string of the molecule is Cc1cnc(C(=O)N2CCC[C@H](c3ncncc3-c3ccncc3)C2)cn1. The lowest BCUT2D eigenvalue weighted by Crippen LogP contribution is -2.39. The van der Waals surface area contributed by atoms with Crippen molar-refractivity contribution >= 4 is 5.91 Å². The zero-order valence-corrected chi connectivity index (χ0v) is 15.1. The van der Waals surface area contributed by atoms with Crippen LogP contribution in [-0.4, -0.2) is 48.8 Å². The second kappa shape index (κ2) is 7.57. The van der Waals surface area contributed by atoms with Crippen molar-refractivity contribution in [3.05, 3.63) is 66.5 Å². The summed E-state index contributed by atoms with van der Waals surface area (Å²) in [5.41, 5.74) is 4.19. The molecule has 0 spiro atoms. The first-order chi connectivity index (χ1) is 13.2. The molecule has 7 nitrogen and oxygen atoms in total. The molecule has 0 N–H and O–H groups in total. The predicted octanol–water partition coefficient (Wildman–Crippen LogP) is 2.66. The van der Waals surface area contributed by atoms with E-state index in [1.54, 1.807) is 31.1 Å². The fourth-order valence-electron chi connectivity index (χ4n) is 3.47. The summed E-state index contributed by atoms with van der Waals surface area (Å²) in [5, 5.41) is 0. The van der Waals surface area contributed by atoms with E-state index in [-0.39, 0.29) is 11.8 Å². The van der Waals surface area contributed by atoms with Gasteiger partial charge >= 0.3 is 0 Å². The Bertz CT molecular complexity index is 929. The van der Waals surface area contributed by atoms with E-state index in [2.05, 4.69) is 24.9 Å². The maximum atomic E-state index is 12.8. The number of carbonyl (C=O) groups is 1. The topological polar surface area (TPSA) is 84.8 Å². The molecule has 4 heterocycles. The lowest BCUT2D eigenvalue weighted by molar-refractivity contribution is 0.0699. The van der Waals surface area contributed by atoms with E-state index in [1.807, 2.05) is 30.2 Å². The van der Waals surface area contributed by atoms with Crippen LogP contribution < -0.4 is 0 Å². The van der Waals surface area contributed by atoms with E-state index in [0.717, 1.165) is 41.9 Å². The first kappa shape index (κ1) is 17.2. The van der Waals surface area contributed by atoms with Crippen molar-refractivity contribution < 1.29 is 4.79 Å². The molecule has 0 aromatic carbocycles. The van der Waals surface area contributed by atoms with Crippen LogP contribution in [0.3, 0.4) is 0 Å². The molecular formula is C20H20N6O. The van der Waals surface area contributed by atoms with Gasteiger partial charge in [-0.2, -0.15) is 0 Å². The van der Waals surface area contributed by atoms with Gasteiger partial charge in [-0.15, -0.1) is 0 Å². The Balaban J connectivity index is 1.59. The highest BCUT2D eigenvalue weighted by Gasteiger charge is 2.28. The summed E-state index contributed by atoms with van der Waals surface area (Å²) in [6.07, 6.45) is 12.0. The molecule has 1 aliphatic rings. The van der Waals surface area contributed by atoms with Crippen LogP contribution in [0, 0.1) is 6.92 Å². The highest BCUT2D eigenvalue weighted by atomic mass is 16.2. The molecule has 1 amide bonds. The van der Waals surface area contributed by atoms with Gasteiger partial charge in [0.1, 0.15) is 12.0 Å². The van der Waals surface area contributed by atoms with Gasteiger partial charge in [-0.1, -0.05) is 0 Å². The number of aryl methyl sites for hydroxylation is 1. The molecule has 0 radical (unpaired) electrons. The van der Waals surface area contributed by atoms with E-state index >= 15 is 0 Å². The van der Waals surface area contributed by atoms with Crippen molar-refractivity contribution in [1.82, 2.24) is 29.8 Å². The standard InChI is InChI=1S/C20H20N6O/c1-14-9-24-18(11-23-14)20(27)26-8-2-3-16(12-26)19-17(10-22-13-25-19)15-4-6-21-7-5-15/h4-7,9-11,13,16H,2-3,8,12H2,1H3/t16-/m0/s1. The molecular weight excluding hydrogens is 340 g/mol. The first-order valence-electron chi connectivity index (χ1n) is 9.00. The van der Waals surface area contributed by atoms with Crippen LogP contribution in [0.4, 0.5) is 0 Å². The van der Waals surface area contributed by atoms with Crippen LogP contribution in [0.1, 0.15) is 40.6 Å². The second-order valence-electron chi connectivity index (χ2n) is 6.69. The Hall–Kier alpha value is -3.22. The van der Waals surface area contributed by atoms with E-state index in [9.17, 15) is 4.79 Å². The van der Waals surface area contributed by atoms with Crippen LogP contribution in [0.5, 0.6) is 0 Å². The van der Waals surface area contributed by atoms with Crippen molar-refractivity contribution in [1.29, 1.82) is 0 Å². The molecule has 0 unspecified atom stereocenters. The Labute approximate surface area is 157 Å². The van der Waals surface area contributed by atoms with Crippen LogP contribution in [0.25, 0.3) is 11.1 Å². The van der Waals surface area contributed by atoms with Crippen LogP contribution >= 0.6 is 0 Å². The highest BCUT2D eigenvalue weighted by molar-refractivity contribution is 5.92. The highest BCUT2D eigenvalue weighted by Crippen LogP contribution is 2.32. The Morgan fingerprint density at radius 2 is 1.93 bits per heavy atom. The molecule has 0 saturated carbocycles. The van der Waals surface area contributed by atoms with Crippen molar-refractivity contribution in [2.24, 2.45) is 0 Å². The van der Waals surface area contributed by atoms with Gasteiger partial charge in [0.15, 0.2) is 0 Å². The van der Waals surface area contributed by atoms with Crippen LogP contribution in [0.2, 0.25) is 0 Å². The number of hydrogen-bond acceptors (Lipinski definition) is 6. The number of amides is 1. The fraction of sp³-hybridized carbons (Fsp3) is 0.300. The quantitative estimate of drug-likeness (QED) is 0.714. The van der Waals surface area contributed by atoms with Crippen LogP contribution in [-0.2, 0) is 0 Å². The molecule has 1 aliphatic heterocycles. The van der Waals surface area contributed by atoms with Crippen molar-refractivity contribution in [2.45, 2.75) is 25.7 Å². The zero-order valence-electron chi connectivity index (χ0n) is 15.1. The van der Waals surface area contributed by atoms with Gasteiger partial charge in [-0.05, 0) is 37.5 Å². The largest absolute Gasteiger partial charge is 0.337 e. The van der Waals surface area contributed by atoms with Crippen molar-refractivity contribution in [3.63, 3.8) is 0 Å². The van der Waals surface area contributed by atoms with Gasteiger partial charge in [0.05, 0.1) is 17.6 Å². The molecule has 1 saturated heterocycles. The number of pyridine rings is 1. The van der Waals surface area contributed by atoms with E-state index in [4.69, 9.17) is 0 Å². The van der Waals surface area contributed by atoms with Gasteiger partial charge in [-0.25, -0.2) is 15.0 Å². The molecule has 0 aliphatic carbocycles. The lowest BCUT2D eigenvalue weighted by Gasteiger charge is -2.33. The molecule has 4 rings (SSSR count). The monoisotopic (exact) mass is 360 g/mol. The average molecular weight is 360 g/mol. The Morgan fingerprint density at radius 3 is 2.70 bits per heavy atom.